The lowest BCUT2D eigenvalue weighted by Crippen LogP contribution is -2.32. The third kappa shape index (κ3) is 4.46. The van der Waals surface area contributed by atoms with Gasteiger partial charge >= 0.3 is 0 Å². The van der Waals surface area contributed by atoms with E-state index in [0.29, 0.717) is 6.54 Å². The van der Waals surface area contributed by atoms with E-state index in [4.69, 9.17) is 0 Å². The van der Waals surface area contributed by atoms with Crippen molar-refractivity contribution < 1.29 is 4.79 Å². The zero-order valence-corrected chi connectivity index (χ0v) is 13.4. The van der Waals surface area contributed by atoms with Crippen molar-refractivity contribution in [1.29, 1.82) is 0 Å². The Morgan fingerprint density at radius 3 is 2.48 bits per heavy atom. The van der Waals surface area contributed by atoms with Gasteiger partial charge in [0.2, 0.25) is 5.91 Å². The molecule has 1 heterocycles. The highest BCUT2D eigenvalue weighted by Gasteiger charge is 2.16. The van der Waals surface area contributed by atoms with E-state index < -0.39 is 0 Å². The van der Waals surface area contributed by atoms with Crippen molar-refractivity contribution in [2.75, 3.05) is 36.9 Å². The van der Waals surface area contributed by atoms with Gasteiger partial charge in [0.25, 0.3) is 0 Å². The van der Waals surface area contributed by atoms with Crippen molar-refractivity contribution in [3.05, 3.63) is 24.3 Å². The summed E-state index contributed by atoms with van der Waals surface area (Å²) in [4.78, 5) is 14.4. The van der Waals surface area contributed by atoms with E-state index >= 15 is 0 Å². The molecule has 4 nitrogen and oxygen atoms in total. The SMILES string of the molecule is CNCC(C)C(=O)Nc1ccc(N2CCC(C)CC2)cc1. The van der Waals surface area contributed by atoms with Crippen molar-refractivity contribution in [2.24, 2.45) is 11.8 Å². The summed E-state index contributed by atoms with van der Waals surface area (Å²) >= 11 is 0. The molecular formula is C17H27N3O. The number of hydrogen-bond donors (Lipinski definition) is 2. The third-order valence-corrected chi connectivity index (χ3v) is 4.24. The molecule has 1 aromatic carbocycles. The number of carbonyl (C=O) groups excluding carboxylic acids is 1. The van der Waals surface area contributed by atoms with E-state index in [2.05, 4.69) is 34.6 Å². The second-order valence-electron chi connectivity index (χ2n) is 6.16. The molecule has 116 valence electrons. The molecule has 1 aliphatic heterocycles. The van der Waals surface area contributed by atoms with Crippen molar-refractivity contribution in [3.8, 4) is 0 Å². The Morgan fingerprint density at radius 1 is 1.29 bits per heavy atom. The standard InChI is InChI=1S/C17H27N3O/c1-13-8-10-20(11-9-13)16-6-4-15(5-7-16)19-17(21)14(2)12-18-3/h4-7,13-14,18H,8-12H2,1-3H3,(H,19,21). The first-order valence-electron chi connectivity index (χ1n) is 7.90. The van der Waals surface area contributed by atoms with Crippen molar-refractivity contribution in [2.45, 2.75) is 26.7 Å². The Labute approximate surface area is 127 Å². The summed E-state index contributed by atoms with van der Waals surface area (Å²) in [5, 5.41) is 5.99. The summed E-state index contributed by atoms with van der Waals surface area (Å²) in [6.07, 6.45) is 2.53. The average Bonchev–Trinajstić information content (AvgIpc) is 2.49. The molecule has 1 atom stereocenters. The highest BCUT2D eigenvalue weighted by atomic mass is 16.1. The smallest absolute Gasteiger partial charge is 0.228 e. The molecule has 0 bridgehead atoms. The Kier molecular flexibility index (Phi) is 5.62. The summed E-state index contributed by atoms with van der Waals surface area (Å²) in [6.45, 7) is 7.20. The molecule has 0 aromatic heterocycles. The number of rotatable bonds is 5. The quantitative estimate of drug-likeness (QED) is 0.876. The molecule has 1 aliphatic rings. The predicted octanol–water partition coefficient (Wildman–Crippen LogP) is 2.72. The van der Waals surface area contributed by atoms with Crippen LogP contribution in [0, 0.1) is 11.8 Å². The summed E-state index contributed by atoms with van der Waals surface area (Å²) in [7, 11) is 1.86. The van der Waals surface area contributed by atoms with Gasteiger partial charge in [-0.25, -0.2) is 0 Å². The molecule has 1 fully saturated rings. The molecule has 2 rings (SSSR count). The Hall–Kier alpha value is -1.55. The molecule has 21 heavy (non-hydrogen) atoms. The molecular weight excluding hydrogens is 262 g/mol. The fourth-order valence-corrected chi connectivity index (χ4v) is 2.69. The summed E-state index contributed by atoms with van der Waals surface area (Å²) in [5.74, 6) is 0.871. The monoisotopic (exact) mass is 289 g/mol. The minimum Gasteiger partial charge on any atom is -0.372 e. The van der Waals surface area contributed by atoms with Gasteiger partial charge in [0, 0.05) is 36.9 Å². The van der Waals surface area contributed by atoms with Gasteiger partial charge in [-0.05, 0) is 50.1 Å². The fraction of sp³-hybridized carbons (Fsp3) is 0.588. The highest BCUT2D eigenvalue weighted by molar-refractivity contribution is 5.92. The summed E-state index contributed by atoms with van der Waals surface area (Å²) < 4.78 is 0. The highest BCUT2D eigenvalue weighted by Crippen LogP contribution is 2.24. The maximum Gasteiger partial charge on any atom is 0.228 e. The number of amides is 1. The van der Waals surface area contributed by atoms with E-state index in [-0.39, 0.29) is 11.8 Å². The summed E-state index contributed by atoms with van der Waals surface area (Å²) in [5.41, 5.74) is 2.13. The van der Waals surface area contributed by atoms with E-state index in [1.54, 1.807) is 0 Å². The number of nitrogens with one attached hydrogen (secondary N) is 2. The van der Waals surface area contributed by atoms with Crippen LogP contribution in [0.3, 0.4) is 0 Å². The molecule has 2 N–H and O–H groups in total. The van der Waals surface area contributed by atoms with Crippen LogP contribution < -0.4 is 15.5 Å². The molecule has 1 aromatic rings. The third-order valence-electron chi connectivity index (χ3n) is 4.24. The number of anilines is 2. The van der Waals surface area contributed by atoms with Gasteiger partial charge in [0.1, 0.15) is 0 Å². The molecule has 4 heteroatoms. The number of carbonyl (C=O) groups is 1. The Morgan fingerprint density at radius 2 is 1.90 bits per heavy atom. The zero-order chi connectivity index (χ0) is 15.2. The number of benzene rings is 1. The maximum absolute atomic E-state index is 12.0. The van der Waals surface area contributed by atoms with E-state index in [9.17, 15) is 4.79 Å². The topological polar surface area (TPSA) is 44.4 Å². The van der Waals surface area contributed by atoms with Crippen molar-refractivity contribution in [1.82, 2.24) is 5.32 Å². The van der Waals surface area contributed by atoms with Crippen LogP contribution in [0.4, 0.5) is 11.4 Å². The van der Waals surface area contributed by atoms with Crippen LogP contribution >= 0.6 is 0 Å². The minimum absolute atomic E-state index is 0.0294. The van der Waals surface area contributed by atoms with Gasteiger partial charge in [-0.3, -0.25) is 4.79 Å². The van der Waals surface area contributed by atoms with Gasteiger partial charge in [-0.1, -0.05) is 13.8 Å². The maximum atomic E-state index is 12.0. The number of hydrogen-bond acceptors (Lipinski definition) is 3. The largest absolute Gasteiger partial charge is 0.372 e. The van der Waals surface area contributed by atoms with E-state index in [1.165, 1.54) is 18.5 Å². The zero-order valence-electron chi connectivity index (χ0n) is 13.4. The Balaban J connectivity index is 1.91. The van der Waals surface area contributed by atoms with Crippen LogP contribution in [0.25, 0.3) is 0 Å². The van der Waals surface area contributed by atoms with Crippen molar-refractivity contribution in [3.63, 3.8) is 0 Å². The lowest BCUT2D eigenvalue weighted by Gasteiger charge is -2.32. The normalized spacial score (nSPS) is 17.6. The van der Waals surface area contributed by atoms with Crippen LogP contribution in [-0.2, 0) is 4.79 Å². The van der Waals surface area contributed by atoms with Crippen LogP contribution in [0.5, 0.6) is 0 Å². The van der Waals surface area contributed by atoms with Gasteiger partial charge in [-0.2, -0.15) is 0 Å². The second kappa shape index (κ2) is 7.46. The van der Waals surface area contributed by atoms with Crippen LogP contribution in [0.1, 0.15) is 26.7 Å². The van der Waals surface area contributed by atoms with Crippen molar-refractivity contribution >= 4 is 17.3 Å². The summed E-state index contributed by atoms with van der Waals surface area (Å²) in [6, 6.07) is 8.21. The number of nitrogens with zero attached hydrogens (tertiary/aromatic N) is 1. The van der Waals surface area contributed by atoms with Crippen LogP contribution in [0.15, 0.2) is 24.3 Å². The lowest BCUT2D eigenvalue weighted by molar-refractivity contribution is -0.119. The van der Waals surface area contributed by atoms with Crippen LogP contribution in [0.2, 0.25) is 0 Å². The van der Waals surface area contributed by atoms with Gasteiger partial charge < -0.3 is 15.5 Å². The first kappa shape index (κ1) is 15.8. The average molecular weight is 289 g/mol. The lowest BCUT2D eigenvalue weighted by atomic mass is 9.99. The van der Waals surface area contributed by atoms with Gasteiger partial charge in [-0.15, -0.1) is 0 Å². The molecule has 0 saturated carbocycles. The Bertz CT molecular complexity index is 450. The van der Waals surface area contributed by atoms with E-state index in [1.807, 2.05) is 26.1 Å². The first-order valence-corrected chi connectivity index (χ1v) is 7.90. The molecule has 1 saturated heterocycles. The molecule has 0 aliphatic carbocycles. The molecule has 0 radical (unpaired) electrons. The molecule has 0 spiro atoms. The van der Waals surface area contributed by atoms with Gasteiger partial charge in [0.05, 0.1) is 0 Å². The predicted molar refractivity (Wildman–Crippen MR) is 88.8 cm³/mol. The fourth-order valence-electron chi connectivity index (χ4n) is 2.69. The molecule has 1 unspecified atom stereocenters. The van der Waals surface area contributed by atoms with Crippen LogP contribution in [-0.4, -0.2) is 32.6 Å². The minimum atomic E-state index is -0.0294. The second-order valence-corrected chi connectivity index (χ2v) is 6.16. The van der Waals surface area contributed by atoms with E-state index in [0.717, 1.165) is 24.7 Å². The molecule has 1 amide bonds. The van der Waals surface area contributed by atoms with Gasteiger partial charge in [0.15, 0.2) is 0 Å². The first-order chi connectivity index (χ1) is 10.1. The number of piperidine rings is 1.